The van der Waals surface area contributed by atoms with Crippen molar-refractivity contribution in [1.82, 2.24) is 29.7 Å². The second-order valence-corrected chi connectivity index (χ2v) is 11.9. The Morgan fingerprint density at radius 3 is 2.14 bits per heavy atom. The fourth-order valence-electron chi connectivity index (χ4n) is 5.04. The van der Waals surface area contributed by atoms with E-state index >= 15 is 0 Å². The number of fused-ring (bicyclic) bond motifs is 1. The van der Waals surface area contributed by atoms with E-state index in [1.807, 2.05) is 56.6 Å². The summed E-state index contributed by atoms with van der Waals surface area (Å²) in [7, 11) is 7.45. The van der Waals surface area contributed by atoms with Crippen LogP contribution in [0.3, 0.4) is 0 Å². The summed E-state index contributed by atoms with van der Waals surface area (Å²) < 4.78 is 8.00. The van der Waals surface area contributed by atoms with Crippen molar-refractivity contribution in [1.29, 1.82) is 0 Å². The molecule has 0 atom stereocenters. The molecule has 254 valence electrons. The molecule has 0 radical (unpaired) electrons. The van der Waals surface area contributed by atoms with E-state index in [0.29, 0.717) is 64.7 Å². The number of rotatable bonds is 14. The van der Waals surface area contributed by atoms with Crippen molar-refractivity contribution in [3.05, 3.63) is 95.1 Å². The van der Waals surface area contributed by atoms with Gasteiger partial charge >= 0.3 is 0 Å². The van der Waals surface area contributed by atoms with Crippen LogP contribution in [0.25, 0.3) is 23.2 Å². The molecule has 0 saturated carbocycles. The predicted molar refractivity (Wildman–Crippen MR) is 191 cm³/mol. The summed E-state index contributed by atoms with van der Waals surface area (Å²) in [6.07, 6.45) is 8.54. The first-order chi connectivity index (χ1) is 23.5. The molecule has 0 saturated heterocycles. The average molecular weight is 665 g/mol. The van der Waals surface area contributed by atoms with Crippen molar-refractivity contribution < 1.29 is 19.0 Å². The Hall–Kier alpha value is -6.02. The van der Waals surface area contributed by atoms with Crippen LogP contribution in [0.1, 0.15) is 55.3 Å². The molecule has 3 aromatic heterocycles. The number of benzene rings is 2. The Labute approximate surface area is 283 Å². The fraction of sp³-hybridized carbons (Fsp3) is 0.257. The van der Waals surface area contributed by atoms with Crippen molar-refractivity contribution in [3.8, 4) is 0 Å². The second kappa shape index (κ2) is 15.7. The molecule has 0 spiro atoms. The molecule has 0 aliphatic carbocycles. The SMILES string of the molecule is CN(C)CCCN=C(N)CCNC(=O)c1cc(NC(=O)c2cc(NC(=O)c3ccc(/C=C/c4ccc5nonc5c4)cc3)cn2C)cn1C. The monoisotopic (exact) mass is 664 g/mol. The van der Waals surface area contributed by atoms with Gasteiger partial charge in [-0.25, -0.2) is 4.63 Å². The van der Waals surface area contributed by atoms with Crippen LogP contribution < -0.4 is 21.7 Å². The van der Waals surface area contributed by atoms with Gasteiger partial charge in [0, 0.05) is 51.6 Å². The largest absolute Gasteiger partial charge is 0.387 e. The molecule has 0 unspecified atom stereocenters. The van der Waals surface area contributed by atoms with Gasteiger partial charge in [-0.1, -0.05) is 30.4 Å². The molecule has 0 fully saturated rings. The molecular weight excluding hydrogens is 624 g/mol. The highest BCUT2D eigenvalue weighted by Crippen LogP contribution is 2.19. The minimum absolute atomic E-state index is 0.293. The molecule has 3 heterocycles. The van der Waals surface area contributed by atoms with Gasteiger partial charge in [-0.15, -0.1) is 0 Å². The highest BCUT2D eigenvalue weighted by atomic mass is 16.6. The molecule has 0 aliphatic rings. The van der Waals surface area contributed by atoms with Gasteiger partial charge < -0.3 is 35.7 Å². The van der Waals surface area contributed by atoms with E-state index < -0.39 is 5.91 Å². The van der Waals surface area contributed by atoms with Crippen LogP contribution in [0.15, 0.2) is 76.6 Å². The Bertz CT molecular complexity index is 2000. The number of hydrogen-bond acceptors (Lipinski definition) is 8. The molecule has 0 bridgehead atoms. The minimum atomic E-state index is -0.395. The summed E-state index contributed by atoms with van der Waals surface area (Å²) in [6, 6.07) is 16.0. The number of nitrogens with one attached hydrogen (secondary N) is 3. The van der Waals surface area contributed by atoms with E-state index in [1.54, 1.807) is 59.9 Å². The van der Waals surface area contributed by atoms with Crippen molar-refractivity contribution in [2.45, 2.75) is 12.8 Å². The molecule has 3 amide bonds. The lowest BCUT2D eigenvalue weighted by Crippen LogP contribution is -2.29. The summed E-state index contributed by atoms with van der Waals surface area (Å²) in [5.74, 6) is -0.503. The highest BCUT2D eigenvalue weighted by molar-refractivity contribution is 6.07. The summed E-state index contributed by atoms with van der Waals surface area (Å²) >= 11 is 0. The molecular formula is C35H40N10O4. The molecule has 2 aromatic carbocycles. The van der Waals surface area contributed by atoms with Gasteiger partial charge in [-0.05, 0) is 84.9 Å². The zero-order valence-electron chi connectivity index (χ0n) is 27.9. The zero-order valence-corrected chi connectivity index (χ0v) is 27.9. The van der Waals surface area contributed by atoms with Crippen LogP contribution in [0.4, 0.5) is 11.4 Å². The van der Waals surface area contributed by atoms with E-state index in [0.717, 1.165) is 24.1 Å². The Morgan fingerprint density at radius 1 is 0.837 bits per heavy atom. The summed E-state index contributed by atoms with van der Waals surface area (Å²) in [4.78, 5) is 45.3. The first-order valence-corrected chi connectivity index (χ1v) is 15.7. The van der Waals surface area contributed by atoms with Crippen molar-refractivity contribution in [2.24, 2.45) is 24.8 Å². The van der Waals surface area contributed by atoms with E-state index in [4.69, 9.17) is 10.4 Å². The smallest absolute Gasteiger partial charge is 0.272 e. The normalized spacial score (nSPS) is 11.8. The number of anilines is 2. The van der Waals surface area contributed by atoms with Gasteiger partial charge in [0.1, 0.15) is 22.4 Å². The number of carbonyl (C=O) groups is 3. The summed E-state index contributed by atoms with van der Waals surface area (Å²) in [5.41, 5.74) is 11.3. The number of nitrogens with zero attached hydrogens (tertiary/aromatic N) is 6. The standard InChI is InChI=1S/C35H40N10O4/c1-43(2)17-5-15-37-32(36)14-16-38-34(47)30-19-27(22-44(30)3)40-35(48)31-20-26(21-45(31)4)39-33(46)25-11-8-23(9-12-25)6-7-24-10-13-28-29(18-24)42-49-41-28/h6-13,18-22H,5,14-17H2,1-4H3,(H2,36,37)(H,38,47)(H,39,46)(H,40,48)/b7-6+. The molecule has 14 heteroatoms. The third kappa shape index (κ3) is 9.29. The van der Waals surface area contributed by atoms with E-state index in [2.05, 4.69) is 36.2 Å². The van der Waals surface area contributed by atoms with E-state index in [9.17, 15) is 14.4 Å². The predicted octanol–water partition coefficient (Wildman–Crippen LogP) is 4.00. The van der Waals surface area contributed by atoms with Crippen LogP contribution in [0.5, 0.6) is 0 Å². The maximum absolute atomic E-state index is 13.1. The van der Waals surface area contributed by atoms with Crippen LogP contribution in [0, 0.1) is 0 Å². The number of amidine groups is 1. The maximum atomic E-state index is 13.1. The topological polar surface area (TPSA) is 178 Å². The summed E-state index contributed by atoms with van der Waals surface area (Å²) in [6.45, 7) is 1.92. The molecule has 5 rings (SSSR count). The number of nitrogens with two attached hydrogens (primary N) is 1. The van der Waals surface area contributed by atoms with Crippen LogP contribution >= 0.6 is 0 Å². The quantitative estimate of drug-likeness (QED) is 0.0596. The second-order valence-electron chi connectivity index (χ2n) is 11.9. The molecule has 5 aromatic rings. The Kier molecular flexibility index (Phi) is 11.0. The fourth-order valence-corrected chi connectivity index (χ4v) is 5.04. The lowest BCUT2D eigenvalue weighted by atomic mass is 10.1. The third-order valence-corrected chi connectivity index (χ3v) is 7.65. The molecule has 14 nitrogen and oxygen atoms in total. The maximum Gasteiger partial charge on any atom is 0.272 e. The van der Waals surface area contributed by atoms with E-state index in [-0.39, 0.29) is 11.8 Å². The number of aliphatic imine (C=N–C) groups is 1. The first kappa shape index (κ1) is 34.3. The number of hydrogen-bond donors (Lipinski definition) is 4. The molecule has 49 heavy (non-hydrogen) atoms. The Balaban J connectivity index is 1.12. The first-order valence-electron chi connectivity index (χ1n) is 15.7. The van der Waals surface area contributed by atoms with Gasteiger partial charge in [0.25, 0.3) is 17.7 Å². The van der Waals surface area contributed by atoms with E-state index in [1.165, 1.54) is 0 Å². The average Bonchev–Trinajstić information content (AvgIpc) is 3.79. The lowest BCUT2D eigenvalue weighted by molar-refractivity contribution is 0.0945. The zero-order chi connectivity index (χ0) is 34.9. The minimum Gasteiger partial charge on any atom is -0.387 e. The van der Waals surface area contributed by atoms with Crippen LogP contribution in [-0.2, 0) is 14.1 Å². The van der Waals surface area contributed by atoms with Gasteiger partial charge in [0.2, 0.25) is 0 Å². The Morgan fingerprint density at radius 2 is 1.45 bits per heavy atom. The van der Waals surface area contributed by atoms with Gasteiger partial charge in [0.05, 0.1) is 17.2 Å². The number of carbonyl (C=O) groups excluding carboxylic acids is 3. The van der Waals surface area contributed by atoms with Gasteiger partial charge in [-0.2, -0.15) is 0 Å². The van der Waals surface area contributed by atoms with Crippen molar-refractivity contribution >= 4 is 58.1 Å². The van der Waals surface area contributed by atoms with Gasteiger partial charge in [-0.3, -0.25) is 19.4 Å². The summed E-state index contributed by atoms with van der Waals surface area (Å²) in [5, 5.41) is 16.2. The molecule has 5 N–H and O–H groups in total. The number of amides is 3. The number of aromatic nitrogens is 4. The van der Waals surface area contributed by atoms with Crippen molar-refractivity contribution in [3.63, 3.8) is 0 Å². The highest BCUT2D eigenvalue weighted by Gasteiger charge is 2.17. The lowest BCUT2D eigenvalue weighted by Gasteiger charge is -2.08. The van der Waals surface area contributed by atoms with Crippen molar-refractivity contribution in [2.75, 3.05) is 44.4 Å². The third-order valence-electron chi connectivity index (χ3n) is 7.65. The van der Waals surface area contributed by atoms with Gasteiger partial charge in [0.15, 0.2) is 0 Å². The van der Waals surface area contributed by atoms with Crippen LogP contribution in [-0.4, -0.2) is 81.6 Å². The molecule has 0 aliphatic heterocycles. The van der Waals surface area contributed by atoms with Crippen LogP contribution in [0.2, 0.25) is 0 Å². The number of aryl methyl sites for hydroxylation is 2.